The van der Waals surface area contributed by atoms with Crippen LogP contribution in [0.1, 0.15) is 0 Å². The molecule has 2 aromatic rings. The average molecular weight is 440 g/mol. The van der Waals surface area contributed by atoms with Crippen molar-refractivity contribution in [3.05, 3.63) is 52.1 Å². The van der Waals surface area contributed by atoms with Gasteiger partial charge in [0.15, 0.2) is 6.61 Å². The first-order valence-corrected chi connectivity index (χ1v) is 8.23. The molecule has 2 amide bonds. The van der Waals surface area contributed by atoms with Gasteiger partial charge in [0.2, 0.25) is 5.91 Å². The number of nitrogens with one attached hydrogen (secondary N) is 2. The van der Waals surface area contributed by atoms with Gasteiger partial charge in [-0.25, -0.2) is 0 Å². The zero-order valence-electron chi connectivity index (χ0n) is 13.0. The Morgan fingerprint density at radius 1 is 0.958 bits per heavy atom. The quantitative estimate of drug-likeness (QED) is 0.649. The molecule has 0 spiro atoms. The van der Waals surface area contributed by atoms with Crippen LogP contribution in [0, 0.1) is 3.57 Å². The average Bonchev–Trinajstić information content (AvgIpc) is 2.60. The SMILES string of the molecule is COc1ccc(OCC(=O)NCC(=O)Nc2ccc(I)cc2)cc1. The van der Waals surface area contributed by atoms with Crippen molar-refractivity contribution in [1.82, 2.24) is 5.32 Å². The third-order valence-electron chi connectivity index (χ3n) is 3.00. The summed E-state index contributed by atoms with van der Waals surface area (Å²) >= 11 is 2.18. The lowest BCUT2D eigenvalue weighted by molar-refractivity contribution is -0.125. The molecule has 2 rings (SSSR count). The first kappa shape index (κ1) is 18.1. The Morgan fingerprint density at radius 2 is 1.58 bits per heavy atom. The number of benzene rings is 2. The summed E-state index contributed by atoms with van der Waals surface area (Å²) in [6.07, 6.45) is 0. The van der Waals surface area contributed by atoms with Gasteiger partial charge < -0.3 is 20.1 Å². The largest absolute Gasteiger partial charge is 0.497 e. The second-order valence-electron chi connectivity index (χ2n) is 4.80. The van der Waals surface area contributed by atoms with Crippen molar-refractivity contribution in [1.29, 1.82) is 0 Å². The number of halogens is 1. The molecule has 0 saturated carbocycles. The number of hydrogen-bond acceptors (Lipinski definition) is 4. The van der Waals surface area contributed by atoms with E-state index in [2.05, 4.69) is 33.2 Å². The number of anilines is 1. The van der Waals surface area contributed by atoms with E-state index in [9.17, 15) is 9.59 Å². The zero-order valence-corrected chi connectivity index (χ0v) is 15.2. The van der Waals surface area contributed by atoms with Crippen molar-refractivity contribution < 1.29 is 19.1 Å². The van der Waals surface area contributed by atoms with Crippen LogP contribution in [0.15, 0.2) is 48.5 Å². The highest BCUT2D eigenvalue weighted by Gasteiger charge is 2.07. The number of methoxy groups -OCH3 is 1. The van der Waals surface area contributed by atoms with Gasteiger partial charge in [0.1, 0.15) is 11.5 Å². The van der Waals surface area contributed by atoms with Crippen LogP contribution in [-0.4, -0.2) is 32.1 Å². The van der Waals surface area contributed by atoms with E-state index in [0.717, 1.165) is 3.57 Å². The van der Waals surface area contributed by atoms with Gasteiger partial charge in [-0.3, -0.25) is 9.59 Å². The number of hydrogen-bond donors (Lipinski definition) is 2. The van der Waals surface area contributed by atoms with Crippen molar-refractivity contribution in [2.45, 2.75) is 0 Å². The fraction of sp³-hybridized carbons (Fsp3) is 0.176. The molecule has 0 unspecified atom stereocenters. The molecule has 0 fully saturated rings. The van der Waals surface area contributed by atoms with Crippen LogP contribution in [0.25, 0.3) is 0 Å². The van der Waals surface area contributed by atoms with Crippen molar-refractivity contribution in [3.63, 3.8) is 0 Å². The number of carbonyl (C=O) groups excluding carboxylic acids is 2. The van der Waals surface area contributed by atoms with Gasteiger partial charge in [-0.05, 0) is 71.1 Å². The summed E-state index contributed by atoms with van der Waals surface area (Å²) in [7, 11) is 1.57. The van der Waals surface area contributed by atoms with E-state index in [0.29, 0.717) is 17.2 Å². The van der Waals surface area contributed by atoms with Gasteiger partial charge in [0, 0.05) is 9.26 Å². The summed E-state index contributed by atoms with van der Waals surface area (Å²) in [5.74, 6) is 0.589. The van der Waals surface area contributed by atoms with Gasteiger partial charge in [0.05, 0.1) is 13.7 Å². The van der Waals surface area contributed by atoms with E-state index in [1.54, 1.807) is 43.5 Å². The van der Waals surface area contributed by atoms with Crippen molar-refractivity contribution in [2.75, 3.05) is 25.6 Å². The van der Waals surface area contributed by atoms with Gasteiger partial charge in [-0.2, -0.15) is 0 Å². The Hall–Kier alpha value is -2.29. The second-order valence-corrected chi connectivity index (χ2v) is 6.04. The molecular weight excluding hydrogens is 423 g/mol. The Kier molecular flexibility index (Phi) is 6.86. The van der Waals surface area contributed by atoms with Crippen LogP contribution < -0.4 is 20.1 Å². The van der Waals surface area contributed by atoms with Crippen molar-refractivity contribution in [2.24, 2.45) is 0 Å². The zero-order chi connectivity index (χ0) is 17.4. The molecular formula is C17H17IN2O4. The summed E-state index contributed by atoms with van der Waals surface area (Å²) in [4.78, 5) is 23.5. The fourth-order valence-corrected chi connectivity index (χ4v) is 2.15. The van der Waals surface area contributed by atoms with Crippen LogP contribution in [-0.2, 0) is 9.59 Å². The molecule has 0 saturated heterocycles. The molecule has 0 radical (unpaired) electrons. The van der Waals surface area contributed by atoms with E-state index in [-0.39, 0.29) is 25.0 Å². The lowest BCUT2D eigenvalue weighted by Crippen LogP contribution is -2.35. The number of ether oxygens (including phenoxy) is 2. The predicted molar refractivity (Wildman–Crippen MR) is 99.3 cm³/mol. The summed E-state index contributed by atoms with van der Waals surface area (Å²) in [5, 5.41) is 5.20. The minimum absolute atomic E-state index is 0.114. The molecule has 24 heavy (non-hydrogen) atoms. The predicted octanol–water partition coefficient (Wildman–Crippen LogP) is 2.43. The normalized spacial score (nSPS) is 9.92. The molecule has 2 N–H and O–H groups in total. The van der Waals surface area contributed by atoms with Gasteiger partial charge in [0.25, 0.3) is 5.91 Å². The van der Waals surface area contributed by atoms with Crippen LogP contribution in [0.5, 0.6) is 11.5 Å². The Bertz CT molecular complexity index is 687. The Labute approximate surface area is 153 Å². The van der Waals surface area contributed by atoms with Gasteiger partial charge >= 0.3 is 0 Å². The van der Waals surface area contributed by atoms with Crippen molar-refractivity contribution >= 4 is 40.1 Å². The molecule has 0 aromatic heterocycles. The topological polar surface area (TPSA) is 76.7 Å². The monoisotopic (exact) mass is 440 g/mol. The highest BCUT2D eigenvalue weighted by molar-refractivity contribution is 14.1. The third-order valence-corrected chi connectivity index (χ3v) is 3.72. The molecule has 6 nitrogen and oxygen atoms in total. The van der Waals surface area contributed by atoms with E-state index in [1.807, 2.05) is 12.1 Å². The number of rotatable bonds is 7. The maximum Gasteiger partial charge on any atom is 0.258 e. The summed E-state index contributed by atoms with van der Waals surface area (Å²) in [5.41, 5.74) is 0.684. The second kappa shape index (κ2) is 9.11. The highest BCUT2D eigenvalue weighted by Crippen LogP contribution is 2.16. The molecule has 0 atom stereocenters. The maximum absolute atomic E-state index is 11.8. The molecule has 7 heteroatoms. The Balaban J connectivity index is 1.70. The summed E-state index contributed by atoms with van der Waals surface area (Å²) in [6.45, 7) is -0.278. The molecule has 126 valence electrons. The van der Waals surface area contributed by atoms with E-state index >= 15 is 0 Å². The van der Waals surface area contributed by atoms with Crippen LogP contribution >= 0.6 is 22.6 Å². The minimum Gasteiger partial charge on any atom is -0.497 e. The molecule has 2 aromatic carbocycles. The molecule has 0 aliphatic heterocycles. The van der Waals surface area contributed by atoms with E-state index in [1.165, 1.54) is 0 Å². The van der Waals surface area contributed by atoms with Crippen LogP contribution in [0.3, 0.4) is 0 Å². The lowest BCUT2D eigenvalue weighted by Gasteiger charge is -2.09. The minimum atomic E-state index is -0.372. The van der Waals surface area contributed by atoms with Gasteiger partial charge in [-0.15, -0.1) is 0 Å². The summed E-state index contributed by atoms with van der Waals surface area (Å²) < 4.78 is 11.4. The maximum atomic E-state index is 11.8. The molecule has 0 bridgehead atoms. The van der Waals surface area contributed by atoms with Crippen LogP contribution in [0.2, 0.25) is 0 Å². The first-order chi connectivity index (χ1) is 11.6. The highest BCUT2D eigenvalue weighted by atomic mass is 127. The first-order valence-electron chi connectivity index (χ1n) is 7.16. The Morgan fingerprint density at radius 3 is 2.21 bits per heavy atom. The lowest BCUT2D eigenvalue weighted by atomic mass is 10.3. The molecule has 0 aliphatic rings. The van der Waals surface area contributed by atoms with Crippen molar-refractivity contribution in [3.8, 4) is 11.5 Å². The standard InChI is InChI=1S/C17H17IN2O4/c1-23-14-6-8-15(9-7-14)24-11-17(22)19-10-16(21)20-13-4-2-12(18)3-5-13/h2-9H,10-11H2,1H3,(H,19,22)(H,20,21). The molecule has 0 aliphatic carbocycles. The van der Waals surface area contributed by atoms with Gasteiger partial charge in [-0.1, -0.05) is 0 Å². The molecule has 0 heterocycles. The fourth-order valence-electron chi connectivity index (χ4n) is 1.79. The third kappa shape index (κ3) is 6.07. The van der Waals surface area contributed by atoms with Crippen LogP contribution in [0.4, 0.5) is 5.69 Å². The van der Waals surface area contributed by atoms with E-state index < -0.39 is 0 Å². The summed E-state index contributed by atoms with van der Waals surface area (Å²) in [6, 6.07) is 14.3. The number of carbonyl (C=O) groups is 2. The number of amides is 2. The smallest absolute Gasteiger partial charge is 0.258 e. The van der Waals surface area contributed by atoms with E-state index in [4.69, 9.17) is 9.47 Å².